The minimum Gasteiger partial charge on any atom is -0.504 e. The molecule has 3 aromatic rings. The molecule has 4 heterocycles. The number of thiazole rings is 1. The number of allylic oxidation sites excluding steroid dienone is 1. The number of benzene rings is 2. The van der Waals surface area contributed by atoms with Crippen molar-refractivity contribution in [3.8, 4) is 11.5 Å². The molecule has 19 heteroatoms. The Morgan fingerprint density at radius 3 is 2.66 bits per heavy atom. The number of hydrogen-bond donors (Lipinski definition) is 6. The zero-order valence-corrected chi connectivity index (χ0v) is 30.4. The van der Waals surface area contributed by atoms with Gasteiger partial charge < -0.3 is 41.0 Å². The first-order chi connectivity index (χ1) is 25.4. The van der Waals surface area contributed by atoms with E-state index in [4.69, 9.17) is 22.2 Å². The van der Waals surface area contributed by atoms with Gasteiger partial charge in [-0.2, -0.15) is 0 Å². The molecule has 2 saturated heterocycles. The summed E-state index contributed by atoms with van der Waals surface area (Å²) in [5.41, 5.74) is 7.33. The standard InChI is InChI=1S/C34H34ClN7O9S2/c35-25-21(6-7-24(44)28(25)45)29(46)37-8-11-42(9-1-2-10-42)13-20-16-52-32-27(31(48)41(32)23(20)14-43)39-30(47)26(22-17-53-34(36)38-22)40-51-15-18-4-3-5-19(12-18)33(49)50/h3-7,12,14,17,27,32H,1-2,8-11,13,15-16H2,(H6-,36,37,38,39,40,44,45,46,47,49,50)/p+1/t27-,32-/m1/s1. The fourth-order valence-corrected chi connectivity index (χ4v) is 8.75. The van der Waals surface area contributed by atoms with Crippen LogP contribution in [0.15, 0.2) is 58.2 Å². The lowest BCUT2D eigenvalue weighted by Gasteiger charge is -2.50. The van der Waals surface area contributed by atoms with Crippen LogP contribution in [0, 0.1) is 0 Å². The smallest absolute Gasteiger partial charge is 0.335 e. The second-order valence-corrected chi connectivity index (χ2v) is 15.1. The number of rotatable bonds is 14. The highest BCUT2D eigenvalue weighted by molar-refractivity contribution is 8.00. The molecule has 2 aromatic carbocycles. The fourth-order valence-electron chi connectivity index (χ4n) is 6.60. The Kier molecular flexibility index (Phi) is 11.2. The van der Waals surface area contributed by atoms with Gasteiger partial charge in [-0.1, -0.05) is 28.9 Å². The van der Waals surface area contributed by atoms with Crippen molar-refractivity contribution in [1.29, 1.82) is 0 Å². The number of aldehydes is 1. The second kappa shape index (κ2) is 15.8. The molecule has 278 valence electrons. The van der Waals surface area contributed by atoms with Gasteiger partial charge in [0.05, 0.1) is 48.0 Å². The molecule has 2 fully saturated rings. The normalized spacial score (nSPS) is 19.3. The highest BCUT2D eigenvalue weighted by Gasteiger charge is 2.53. The Morgan fingerprint density at radius 2 is 1.96 bits per heavy atom. The summed E-state index contributed by atoms with van der Waals surface area (Å²) in [6, 6.07) is 7.60. The first-order valence-corrected chi connectivity index (χ1v) is 18.7. The number of nitrogens with one attached hydrogen (secondary N) is 2. The molecule has 0 aliphatic carbocycles. The van der Waals surface area contributed by atoms with E-state index in [-0.39, 0.29) is 51.5 Å². The zero-order valence-electron chi connectivity index (χ0n) is 28.0. The number of β-lactam (4-membered cyclic amide) rings is 1. The molecular formula is C34H35ClN7O9S2+. The number of oxime groups is 1. The van der Waals surface area contributed by atoms with E-state index in [1.54, 1.807) is 12.1 Å². The van der Waals surface area contributed by atoms with E-state index < -0.39 is 46.6 Å². The van der Waals surface area contributed by atoms with Gasteiger partial charge in [-0.25, -0.2) is 9.78 Å². The van der Waals surface area contributed by atoms with Crippen LogP contribution in [-0.4, -0.2) is 115 Å². The number of aromatic nitrogens is 1. The Bertz CT molecular complexity index is 2030. The number of nitrogens with two attached hydrogens (primary N) is 1. The van der Waals surface area contributed by atoms with Gasteiger partial charge in [-0.3, -0.25) is 24.1 Å². The molecule has 53 heavy (non-hydrogen) atoms. The van der Waals surface area contributed by atoms with Gasteiger partial charge in [0.1, 0.15) is 30.3 Å². The third-order valence-electron chi connectivity index (χ3n) is 9.28. The Labute approximate surface area is 315 Å². The first-order valence-electron chi connectivity index (χ1n) is 16.4. The molecule has 0 spiro atoms. The van der Waals surface area contributed by atoms with Crippen LogP contribution >= 0.6 is 34.7 Å². The summed E-state index contributed by atoms with van der Waals surface area (Å²) in [5, 5.41) is 39.2. The average Bonchev–Trinajstić information content (AvgIpc) is 3.80. The number of nitrogen functional groups attached to an aromatic ring is 1. The van der Waals surface area contributed by atoms with Crippen LogP contribution in [0.3, 0.4) is 0 Å². The highest BCUT2D eigenvalue weighted by Crippen LogP contribution is 2.41. The van der Waals surface area contributed by atoms with Crippen molar-refractivity contribution < 1.29 is 48.6 Å². The molecule has 0 saturated carbocycles. The number of carboxylic acids is 1. The highest BCUT2D eigenvalue weighted by atomic mass is 35.5. The maximum Gasteiger partial charge on any atom is 0.335 e. The van der Waals surface area contributed by atoms with Crippen LogP contribution in [0.4, 0.5) is 5.13 Å². The van der Waals surface area contributed by atoms with Gasteiger partial charge >= 0.3 is 5.97 Å². The van der Waals surface area contributed by atoms with E-state index in [2.05, 4.69) is 20.8 Å². The summed E-state index contributed by atoms with van der Waals surface area (Å²) >= 11 is 8.56. The number of aromatic carboxylic acids is 1. The molecule has 0 bridgehead atoms. The molecule has 6 rings (SSSR count). The summed E-state index contributed by atoms with van der Waals surface area (Å²) in [6.45, 7) is 2.78. The van der Waals surface area contributed by atoms with Gasteiger partial charge in [-0.15, -0.1) is 23.1 Å². The van der Waals surface area contributed by atoms with Crippen LogP contribution in [0.1, 0.15) is 44.8 Å². The van der Waals surface area contributed by atoms with Crippen molar-refractivity contribution >= 4 is 75.5 Å². The molecule has 1 aromatic heterocycles. The summed E-state index contributed by atoms with van der Waals surface area (Å²) in [6.07, 6.45) is 2.58. The van der Waals surface area contributed by atoms with E-state index in [0.717, 1.165) is 42.8 Å². The Morgan fingerprint density at radius 1 is 1.19 bits per heavy atom. The van der Waals surface area contributed by atoms with Crippen molar-refractivity contribution in [2.75, 3.05) is 44.2 Å². The van der Waals surface area contributed by atoms with Gasteiger partial charge in [0.25, 0.3) is 17.7 Å². The number of anilines is 1. The average molecular weight is 785 g/mol. The number of likely N-dealkylation sites (tertiary alicyclic amines) is 1. The van der Waals surface area contributed by atoms with Crippen molar-refractivity contribution in [2.24, 2.45) is 5.16 Å². The number of nitrogens with zero attached hydrogens (tertiary/aromatic N) is 4. The lowest BCUT2D eigenvalue weighted by molar-refractivity contribution is -0.911. The molecule has 3 amide bonds. The fraction of sp³-hybridized carbons (Fsp3) is 0.324. The van der Waals surface area contributed by atoms with Crippen LogP contribution in [-0.2, 0) is 25.8 Å². The van der Waals surface area contributed by atoms with Gasteiger partial charge in [0.2, 0.25) is 0 Å². The number of thioether (sulfide) groups is 1. The largest absolute Gasteiger partial charge is 0.504 e. The quantitative estimate of drug-likeness (QED) is 0.0345. The monoisotopic (exact) mass is 784 g/mol. The lowest BCUT2D eigenvalue weighted by Crippen LogP contribution is -2.70. The minimum absolute atomic E-state index is 0.0263. The zero-order chi connectivity index (χ0) is 37.9. The van der Waals surface area contributed by atoms with E-state index in [0.29, 0.717) is 35.2 Å². The maximum atomic E-state index is 13.5. The predicted octanol–water partition coefficient (Wildman–Crippen LogP) is 2.30. The molecule has 0 radical (unpaired) electrons. The number of aromatic hydroxyl groups is 2. The SMILES string of the molecule is Nc1nc(/C(=N/OCc2cccc(C(=O)O)c2)C(=O)N[C@@H]2C(=O)N3C(C=O)=C(C[N+]4(CCNC(=O)c5ccc(O)c(O)c5Cl)CCCC4)CS[C@H]23)cs1. The van der Waals surface area contributed by atoms with E-state index in [1.165, 1.54) is 46.3 Å². The molecule has 3 aliphatic heterocycles. The summed E-state index contributed by atoms with van der Waals surface area (Å²) in [4.78, 5) is 74.7. The van der Waals surface area contributed by atoms with Crippen LogP contribution in [0.2, 0.25) is 5.02 Å². The van der Waals surface area contributed by atoms with E-state index in [1.807, 2.05) is 0 Å². The number of quaternary nitrogens is 1. The number of carbonyl (C=O) groups is 5. The van der Waals surface area contributed by atoms with Crippen molar-refractivity contribution in [3.05, 3.63) is 80.5 Å². The molecule has 3 aliphatic rings. The molecule has 0 unspecified atom stereocenters. The molecule has 2 atom stereocenters. The number of amides is 3. The van der Waals surface area contributed by atoms with Crippen molar-refractivity contribution in [1.82, 2.24) is 20.5 Å². The third kappa shape index (κ3) is 7.95. The van der Waals surface area contributed by atoms with Gasteiger partial charge in [0, 0.05) is 29.5 Å². The van der Waals surface area contributed by atoms with Crippen LogP contribution < -0.4 is 16.4 Å². The number of hydrogen-bond acceptors (Lipinski definition) is 13. The van der Waals surface area contributed by atoms with Crippen molar-refractivity contribution in [3.63, 3.8) is 0 Å². The Hall–Kier alpha value is -5.17. The summed E-state index contributed by atoms with van der Waals surface area (Å²) in [7, 11) is 0. The Balaban J connectivity index is 1.11. The molecular weight excluding hydrogens is 750 g/mol. The summed E-state index contributed by atoms with van der Waals surface area (Å²) in [5.74, 6) is -3.39. The predicted molar refractivity (Wildman–Crippen MR) is 195 cm³/mol. The number of halogens is 1. The number of phenolic OH excluding ortho intramolecular Hbond substituents is 2. The molecule has 16 nitrogen and oxygen atoms in total. The van der Waals surface area contributed by atoms with Crippen LogP contribution in [0.25, 0.3) is 0 Å². The number of carbonyl (C=O) groups excluding carboxylic acids is 4. The van der Waals surface area contributed by atoms with Gasteiger partial charge in [-0.05, 0) is 29.8 Å². The van der Waals surface area contributed by atoms with Crippen LogP contribution in [0.5, 0.6) is 11.5 Å². The second-order valence-electron chi connectivity index (χ2n) is 12.7. The summed E-state index contributed by atoms with van der Waals surface area (Å²) < 4.78 is 0.589. The first kappa shape index (κ1) is 37.6. The topological polar surface area (TPSA) is 234 Å². The van der Waals surface area contributed by atoms with Crippen molar-refractivity contribution in [2.45, 2.75) is 30.9 Å². The lowest BCUT2D eigenvalue weighted by atomic mass is 10.0. The number of carboxylic acid groups (broad SMARTS) is 1. The number of fused-ring (bicyclic) bond motifs is 1. The maximum absolute atomic E-state index is 13.5. The van der Waals surface area contributed by atoms with E-state index in [9.17, 15) is 39.3 Å². The van der Waals surface area contributed by atoms with E-state index >= 15 is 0 Å². The molecule has 7 N–H and O–H groups in total. The number of phenols is 2. The van der Waals surface area contributed by atoms with Gasteiger partial charge in [0.15, 0.2) is 28.6 Å². The minimum atomic E-state index is -1.10. The third-order valence-corrected chi connectivity index (χ3v) is 11.7.